The van der Waals surface area contributed by atoms with Crippen LogP contribution in [0.3, 0.4) is 0 Å². The van der Waals surface area contributed by atoms with Gasteiger partial charge in [0.25, 0.3) is 0 Å². The molecule has 0 spiro atoms. The summed E-state index contributed by atoms with van der Waals surface area (Å²) >= 11 is 0. The van der Waals surface area contributed by atoms with Gasteiger partial charge in [-0.15, -0.1) is 0 Å². The summed E-state index contributed by atoms with van der Waals surface area (Å²) in [6, 6.07) is 7.76. The minimum atomic E-state index is 0.217. The van der Waals surface area contributed by atoms with E-state index in [0.717, 1.165) is 16.2 Å². The number of hydrogen-bond acceptors (Lipinski definition) is 2. The molecule has 1 aromatic carbocycles. The molecule has 1 heterocycles. The van der Waals surface area contributed by atoms with Gasteiger partial charge in [-0.1, -0.05) is 24.3 Å². The molecule has 0 radical (unpaired) electrons. The maximum atomic E-state index is 9.44. The lowest BCUT2D eigenvalue weighted by Gasteiger charge is -1.82. The average molecular weight is 188 g/mol. The summed E-state index contributed by atoms with van der Waals surface area (Å²) < 4.78 is 5.53. The van der Waals surface area contributed by atoms with Crippen LogP contribution in [0.25, 0.3) is 22.8 Å². The molecule has 0 fully saturated rings. The first-order valence-corrected chi connectivity index (χ1v) is 4.58. The van der Waals surface area contributed by atoms with Crippen LogP contribution in [0.1, 0.15) is 13.8 Å². The molecule has 0 aliphatic rings. The second kappa shape index (κ2) is 3.22. The number of benzene rings is 1. The van der Waals surface area contributed by atoms with Crippen molar-refractivity contribution in [1.82, 2.24) is 0 Å². The fraction of sp³-hybridized carbons (Fsp3) is 0.167. The Bertz CT molecular complexity index is 572. The van der Waals surface area contributed by atoms with Gasteiger partial charge in [0.2, 0.25) is 0 Å². The molecule has 0 amide bonds. The molecule has 0 aliphatic carbocycles. The Hall–Kier alpha value is -1.70. The number of para-hydroxylation sites is 1. The van der Waals surface area contributed by atoms with Crippen molar-refractivity contribution >= 4 is 22.8 Å². The monoisotopic (exact) mass is 188 g/mol. The van der Waals surface area contributed by atoms with Gasteiger partial charge in [0.05, 0.1) is 0 Å². The molecule has 1 aromatic heterocycles. The third kappa shape index (κ3) is 1.20. The van der Waals surface area contributed by atoms with E-state index in [1.807, 2.05) is 37.3 Å². The van der Waals surface area contributed by atoms with Gasteiger partial charge in [-0.25, -0.2) is 0 Å². The molecular formula is C12H12O2. The summed E-state index contributed by atoms with van der Waals surface area (Å²) in [5.41, 5.74) is 1.37. The smallest absolute Gasteiger partial charge is 0.172 e. The second-order valence-electron chi connectivity index (χ2n) is 3.22. The third-order valence-electron chi connectivity index (χ3n) is 2.25. The van der Waals surface area contributed by atoms with Crippen molar-refractivity contribution < 1.29 is 9.52 Å². The van der Waals surface area contributed by atoms with Crippen molar-refractivity contribution in [2.45, 2.75) is 13.8 Å². The Kier molecular flexibility index (Phi) is 2.04. The summed E-state index contributed by atoms with van der Waals surface area (Å²) in [5, 5.41) is 11.4. The van der Waals surface area contributed by atoms with Crippen molar-refractivity contribution in [3.05, 3.63) is 34.9 Å². The van der Waals surface area contributed by atoms with Crippen molar-refractivity contribution in [3.8, 4) is 0 Å². The molecule has 2 heteroatoms. The summed E-state index contributed by atoms with van der Waals surface area (Å²) in [4.78, 5) is 0. The molecule has 2 aromatic rings. The summed E-state index contributed by atoms with van der Waals surface area (Å²) in [5.74, 6) is 0.217. The highest BCUT2D eigenvalue weighted by molar-refractivity contribution is 5.78. The van der Waals surface area contributed by atoms with Gasteiger partial charge in [-0.05, 0) is 19.9 Å². The number of fused-ring (bicyclic) bond motifs is 1. The van der Waals surface area contributed by atoms with E-state index in [-0.39, 0.29) is 5.76 Å². The molecule has 0 aliphatic heterocycles. The lowest BCUT2D eigenvalue weighted by Crippen LogP contribution is -2.21. The van der Waals surface area contributed by atoms with E-state index in [9.17, 15) is 5.11 Å². The van der Waals surface area contributed by atoms with Gasteiger partial charge in [0.15, 0.2) is 5.42 Å². The van der Waals surface area contributed by atoms with Crippen LogP contribution in [0, 0.1) is 0 Å². The molecule has 14 heavy (non-hydrogen) atoms. The molecule has 0 unspecified atom stereocenters. The number of aliphatic hydroxyl groups excluding tert-OH is 1. The van der Waals surface area contributed by atoms with Crippen LogP contribution in [0.15, 0.2) is 28.7 Å². The van der Waals surface area contributed by atoms with Crippen LogP contribution in [0.2, 0.25) is 0 Å². The highest BCUT2D eigenvalue weighted by Crippen LogP contribution is 2.06. The maximum Gasteiger partial charge on any atom is 0.172 e. The fourth-order valence-electron chi connectivity index (χ4n) is 1.62. The molecular weight excluding hydrogens is 176 g/mol. The zero-order valence-corrected chi connectivity index (χ0v) is 8.24. The number of hydrogen-bond donors (Lipinski definition) is 1. The van der Waals surface area contributed by atoms with E-state index in [2.05, 4.69) is 0 Å². The SMILES string of the molecule is C/C=c1\c(=C(/C)O)oc2ccccc12. The van der Waals surface area contributed by atoms with Crippen molar-refractivity contribution in [2.75, 3.05) is 0 Å². The van der Waals surface area contributed by atoms with E-state index in [4.69, 9.17) is 4.42 Å². The van der Waals surface area contributed by atoms with Crippen LogP contribution >= 0.6 is 0 Å². The van der Waals surface area contributed by atoms with Crippen molar-refractivity contribution in [2.24, 2.45) is 0 Å². The van der Waals surface area contributed by atoms with Crippen molar-refractivity contribution in [1.29, 1.82) is 0 Å². The van der Waals surface area contributed by atoms with Crippen LogP contribution in [0.5, 0.6) is 0 Å². The second-order valence-corrected chi connectivity index (χ2v) is 3.22. The summed E-state index contributed by atoms with van der Waals surface area (Å²) in [7, 11) is 0. The fourth-order valence-corrected chi connectivity index (χ4v) is 1.62. The lowest BCUT2D eigenvalue weighted by atomic mass is 10.2. The van der Waals surface area contributed by atoms with Gasteiger partial charge in [0, 0.05) is 10.6 Å². The standard InChI is InChI=1S/C12H12O2/c1-3-9-10-6-4-5-7-11(10)14-12(9)8(2)13/h3-7,13H,1-2H3/b9-3-,12-8-. The highest BCUT2D eigenvalue weighted by atomic mass is 16.3. The molecule has 2 rings (SSSR count). The van der Waals surface area contributed by atoms with E-state index >= 15 is 0 Å². The van der Waals surface area contributed by atoms with Gasteiger partial charge in [0.1, 0.15) is 11.3 Å². The third-order valence-corrected chi connectivity index (χ3v) is 2.25. The quantitative estimate of drug-likeness (QED) is 0.685. The van der Waals surface area contributed by atoms with E-state index in [1.165, 1.54) is 0 Å². The first-order chi connectivity index (χ1) is 6.74. The normalized spacial score (nSPS) is 14.9. The van der Waals surface area contributed by atoms with Crippen LogP contribution in [0.4, 0.5) is 0 Å². The Morgan fingerprint density at radius 1 is 1.36 bits per heavy atom. The highest BCUT2D eigenvalue weighted by Gasteiger charge is 2.02. The van der Waals surface area contributed by atoms with Crippen LogP contribution in [-0.2, 0) is 0 Å². The van der Waals surface area contributed by atoms with Gasteiger partial charge < -0.3 is 9.52 Å². The molecule has 72 valence electrons. The van der Waals surface area contributed by atoms with Gasteiger partial charge >= 0.3 is 0 Å². The first-order valence-electron chi connectivity index (χ1n) is 4.58. The molecule has 0 saturated carbocycles. The predicted molar refractivity (Wildman–Crippen MR) is 57.3 cm³/mol. The number of furan rings is 1. The summed E-state index contributed by atoms with van der Waals surface area (Å²) in [6.07, 6.45) is 1.95. The topological polar surface area (TPSA) is 33.4 Å². The Morgan fingerprint density at radius 2 is 2.07 bits per heavy atom. The van der Waals surface area contributed by atoms with Gasteiger partial charge in [-0.3, -0.25) is 0 Å². The number of aliphatic hydroxyl groups is 1. The predicted octanol–water partition coefficient (Wildman–Crippen LogP) is 1.92. The minimum absolute atomic E-state index is 0.217. The van der Waals surface area contributed by atoms with Crippen molar-refractivity contribution in [3.63, 3.8) is 0 Å². The number of rotatable bonds is 0. The zero-order valence-electron chi connectivity index (χ0n) is 8.24. The maximum absolute atomic E-state index is 9.44. The molecule has 2 nitrogen and oxygen atoms in total. The Balaban J connectivity index is 3.11. The Labute approximate surface area is 81.8 Å². The molecule has 0 atom stereocenters. The Morgan fingerprint density at radius 3 is 2.71 bits per heavy atom. The lowest BCUT2D eigenvalue weighted by molar-refractivity contribution is 0.463. The molecule has 0 bridgehead atoms. The molecule has 1 N–H and O–H groups in total. The van der Waals surface area contributed by atoms with E-state index in [0.29, 0.717) is 5.42 Å². The zero-order chi connectivity index (χ0) is 10.1. The van der Waals surface area contributed by atoms with E-state index in [1.54, 1.807) is 6.92 Å². The van der Waals surface area contributed by atoms with E-state index < -0.39 is 0 Å². The summed E-state index contributed by atoms with van der Waals surface area (Å²) in [6.45, 7) is 3.56. The largest absolute Gasteiger partial charge is 0.509 e. The molecule has 0 saturated heterocycles. The average Bonchev–Trinajstić information content (AvgIpc) is 2.56. The minimum Gasteiger partial charge on any atom is -0.509 e. The van der Waals surface area contributed by atoms with Crippen LogP contribution in [-0.4, -0.2) is 5.11 Å². The first kappa shape index (κ1) is 8.88. The van der Waals surface area contributed by atoms with Crippen LogP contribution < -0.4 is 10.6 Å². The van der Waals surface area contributed by atoms with Gasteiger partial charge in [-0.2, -0.15) is 0 Å².